The van der Waals surface area contributed by atoms with Gasteiger partial charge in [0.1, 0.15) is 0 Å². The molecule has 4 atom stereocenters. The zero-order chi connectivity index (χ0) is 14.2. The molecular formula is C16H30N2O. The molecule has 1 aliphatic heterocycles. The van der Waals surface area contributed by atoms with Crippen LogP contribution in [-0.4, -0.2) is 29.9 Å². The summed E-state index contributed by atoms with van der Waals surface area (Å²) in [6.45, 7) is 10.8. The van der Waals surface area contributed by atoms with Gasteiger partial charge in [-0.05, 0) is 42.9 Å². The molecule has 1 heterocycles. The highest BCUT2D eigenvalue weighted by molar-refractivity contribution is 5.80. The number of amides is 1. The molecule has 19 heavy (non-hydrogen) atoms. The monoisotopic (exact) mass is 266 g/mol. The van der Waals surface area contributed by atoms with Crippen LogP contribution in [0, 0.1) is 23.2 Å². The third kappa shape index (κ3) is 2.81. The largest absolute Gasteiger partial charge is 0.342 e. The molecule has 3 nitrogen and oxygen atoms in total. The number of hydrogen-bond donors (Lipinski definition) is 1. The molecule has 4 unspecified atom stereocenters. The quantitative estimate of drug-likeness (QED) is 0.793. The van der Waals surface area contributed by atoms with Gasteiger partial charge in [0.25, 0.3) is 0 Å². The minimum Gasteiger partial charge on any atom is -0.342 e. The van der Waals surface area contributed by atoms with Gasteiger partial charge in [0.05, 0.1) is 0 Å². The lowest BCUT2D eigenvalue weighted by molar-refractivity contribution is -0.145. The Morgan fingerprint density at radius 1 is 1.21 bits per heavy atom. The molecule has 1 aliphatic carbocycles. The van der Waals surface area contributed by atoms with E-state index in [4.69, 9.17) is 5.73 Å². The molecule has 2 rings (SSSR count). The Morgan fingerprint density at radius 2 is 1.89 bits per heavy atom. The number of carbonyl (C=O) groups is 1. The van der Waals surface area contributed by atoms with E-state index in [0.29, 0.717) is 17.7 Å². The van der Waals surface area contributed by atoms with E-state index in [2.05, 4.69) is 32.6 Å². The second-order valence-electron chi connectivity index (χ2n) is 7.44. The van der Waals surface area contributed by atoms with E-state index in [1.165, 1.54) is 6.42 Å². The van der Waals surface area contributed by atoms with Crippen molar-refractivity contribution < 1.29 is 4.79 Å². The molecule has 110 valence electrons. The van der Waals surface area contributed by atoms with E-state index in [0.717, 1.165) is 32.4 Å². The van der Waals surface area contributed by atoms with Crippen molar-refractivity contribution in [1.29, 1.82) is 0 Å². The number of carbonyl (C=O) groups excluding carboxylic acids is 1. The molecule has 1 amide bonds. The topological polar surface area (TPSA) is 46.3 Å². The summed E-state index contributed by atoms with van der Waals surface area (Å²) in [5.41, 5.74) is 6.22. The third-order valence-electron chi connectivity index (χ3n) is 5.77. The summed E-state index contributed by atoms with van der Waals surface area (Å²) < 4.78 is 0. The van der Waals surface area contributed by atoms with Crippen molar-refractivity contribution in [2.24, 2.45) is 28.9 Å². The van der Waals surface area contributed by atoms with Crippen LogP contribution in [0.15, 0.2) is 0 Å². The van der Waals surface area contributed by atoms with Crippen molar-refractivity contribution in [3.8, 4) is 0 Å². The van der Waals surface area contributed by atoms with E-state index in [-0.39, 0.29) is 17.4 Å². The normalized spacial score (nSPS) is 39.1. The third-order valence-corrected chi connectivity index (χ3v) is 5.77. The van der Waals surface area contributed by atoms with Gasteiger partial charge >= 0.3 is 0 Å². The van der Waals surface area contributed by atoms with Gasteiger partial charge in [0.15, 0.2) is 0 Å². The predicted molar refractivity (Wildman–Crippen MR) is 78.6 cm³/mol. The van der Waals surface area contributed by atoms with E-state index in [1.807, 2.05) is 0 Å². The van der Waals surface area contributed by atoms with Crippen LogP contribution in [-0.2, 0) is 4.79 Å². The highest BCUT2D eigenvalue weighted by Gasteiger charge is 2.46. The van der Waals surface area contributed by atoms with Gasteiger partial charge in [0.2, 0.25) is 5.91 Å². The van der Waals surface area contributed by atoms with Crippen LogP contribution in [0.4, 0.5) is 0 Å². The average molecular weight is 266 g/mol. The van der Waals surface area contributed by atoms with Crippen molar-refractivity contribution in [2.75, 3.05) is 13.1 Å². The fourth-order valence-corrected chi connectivity index (χ4v) is 3.90. The van der Waals surface area contributed by atoms with Gasteiger partial charge in [0, 0.05) is 25.0 Å². The lowest BCUT2D eigenvalue weighted by atomic mass is 9.60. The first-order chi connectivity index (χ1) is 8.84. The van der Waals surface area contributed by atoms with E-state index >= 15 is 0 Å². The SMILES string of the molecule is CC1CCCN(C(=O)C2CCC(N)C(C)C2(C)C)C1. The fraction of sp³-hybridized carbons (Fsp3) is 0.938. The molecule has 0 bridgehead atoms. The maximum atomic E-state index is 12.9. The molecule has 1 saturated carbocycles. The zero-order valence-corrected chi connectivity index (χ0v) is 13.0. The maximum Gasteiger partial charge on any atom is 0.226 e. The Morgan fingerprint density at radius 3 is 2.53 bits per heavy atom. The standard InChI is InChI=1S/C16H30N2O/c1-11-6-5-9-18(10-11)15(19)13-7-8-14(17)12(2)16(13,3)4/h11-14H,5-10,17H2,1-4H3. The summed E-state index contributed by atoms with van der Waals surface area (Å²) in [5.74, 6) is 1.62. The average Bonchev–Trinajstić information content (AvgIpc) is 2.35. The van der Waals surface area contributed by atoms with Crippen LogP contribution < -0.4 is 5.73 Å². The smallest absolute Gasteiger partial charge is 0.226 e. The van der Waals surface area contributed by atoms with Crippen molar-refractivity contribution in [3.63, 3.8) is 0 Å². The molecular weight excluding hydrogens is 236 g/mol. The van der Waals surface area contributed by atoms with E-state index < -0.39 is 0 Å². The molecule has 0 aromatic heterocycles. The van der Waals surface area contributed by atoms with E-state index in [9.17, 15) is 4.79 Å². The molecule has 0 radical (unpaired) electrons. The van der Waals surface area contributed by atoms with Crippen molar-refractivity contribution in [2.45, 2.75) is 59.4 Å². The highest BCUT2D eigenvalue weighted by Crippen LogP contribution is 2.45. The first-order valence-corrected chi connectivity index (χ1v) is 7.88. The first-order valence-electron chi connectivity index (χ1n) is 7.88. The van der Waals surface area contributed by atoms with Gasteiger partial charge in [-0.15, -0.1) is 0 Å². The van der Waals surface area contributed by atoms with Gasteiger partial charge in [-0.2, -0.15) is 0 Å². The molecule has 2 N–H and O–H groups in total. The molecule has 0 aromatic rings. The van der Waals surface area contributed by atoms with Crippen molar-refractivity contribution in [1.82, 2.24) is 4.90 Å². The summed E-state index contributed by atoms with van der Waals surface area (Å²) in [6, 6.07) is 0.249. The van der Waals surface area contributed by atoms with Gasteiger partial charge in [-0.1, -0.05) is 27.7 Å². The molecule has 3 heteroatoms. The Bertz CT molecular complexity index is 340. The minimum absolute atomic E-state index is 0.0232. The number of piperidine rings is 1. The van der Waals surface area contributed by atoms with Gasteiger partial charge in [-0.25, -0.2) is 0 Å². The highest BCUT2D eigenvalue weighted by atomic mass is 16.2. The van der Waals surface area contributed by atoms with E-state index in [1.54, 1.807) is 0 Å². The lowest BCUT2D eigenvalue weighted by Gasteiger charge is -2.48. The second kappa shape index (κ2) is 5.43. The van der Waals surface area contributed by atoms with Crippen molar-refractivity contribution >= 4 is 5.91 Å². The Balaban J connectivity index is 2.10. The summed E-state index contributed by atoms with van der Waals surface area (Å²) >= 11 is 0. The van der Waals surface area contributed by atoms with Crippen LogP contribution >= 0.6 is 0 Å². The summed E-state index contributed by atoms with van der Waals surface area (Å²) in [7, 11) is 0. The summed E-state index contributed by atoms with van der Waals surface area (Å²) in [6.07, 6.45) is 4.38. The van der Waals surface area contributed by atoms with Gasteiger partial charge < -0.3 is 10.6 Å². The van der Waals surface area contributed by atoms with Crippen LogP contribution in [0.1, 0.15) is 53.4 Å². The molecule has 2 aliphatic rings. The lowest BCUT2D eigenvalue weighted by Crippen LogP contribution is -2.53. The molecule has 0 spiro atoms. The molecule has 1 saturated heterocycles. The Kier molecular flexibility index (Phi) is 4.24. The minimum atomic E-state index is 0.0232. The predicted octanol–water partition coefficient (Wildman–Crippen LogP) is 2.64. The van der Waals surface area contributed by atoms with Gasteiger partial charge in [-0.3, -0.25) is 4.79 Å². The second-order valence-corrected chi connectivity index (χ2v) is 7.44. The number of nitrogens with two attached hydrogens (primary N) is 1. The number of likely N-dealkylation sites (tertiary alicyclic amines) is 1. The fourth-order valence-electron chi connectivity index (χ4n) is 3.90. The van der Waals surface area contributed by atoms with Crippen molar-refractivity contribution in [3.05, 3.63) is 0 Å². The summed E-state index contributed by atoms with van der Waals surface area (Å²) in [4.78, 5) is 15.0. The van der Waals surface area contributed by atoms with Crippen LogP contribution in [0.25, 0.3) is 0 Å². The summed E-state index contributed by atoms with van der Waals surface area (Å²) in [5, 5.41) is 0. The van der Waals surface area contributed by atoms with Crippen LogP contribution in [0.5, 0.6) is 0 Å². The zero-order valence-electron chi connectivity index (χ0n) is 13.0. The molecule has 2 fully saturated rings. The number of nitrogens with zero attached hydrogens (tertiary/aromatic N) is 1. The Hall–Kier alpha value is -0.570. The first kappa shape index (κ1) is 14.8. The number of rotatable bonds is 1. The Labute approximate surface area is 117 Å². The van der Waals surface area contributed by atoms with Crippen LogP contribution in [0.2, 0.25) is 0 Å². The number of hydrogen-bond acceptors (Lipinski definition) is 2. The van der Waals surface area contributed by atoms with Crippen LogP contribution in [0.3, 0.4) is 0 Å². The molecule has 0 aromatic carbocycles. The maximum absolute atomic E-state index is 12.9.